The average Bonchev–Trinajstić information content (AvgIpc) is 2.32. The van der Waals surface area contributed by atoms with Crippen LogP contribution in [-0.2, 0) is 0 Å². The van der Waals surface area contributed by atoms with Crippen molar-refractivity contribution < 1.29 is 0 Å². The summed E-state index contributed by atoms with van der Waals surface area (Å²) in [4.78, 5) is 0. The van der Waals surface area contributed by atoms with Crippen LogP contribution in [0, 0.1) is 6.92 Å². The Morgan fingerprint density at radius 1 is 1.06 bits per heavy atom. The van der Waals surface area contributed by atoms with Crippen molar-refractivity contribution in [2.75, 3.05) is 0 Å². The zero-order valence-electron chi connectivity index (χ0n) is 11.5. The third-order valence-electron chi connectivity index (χ3n) is 4.57. The molecule has 1 aromatic rings. The van der Waals surface area contributed by atoms with Crippen LogP contribution in [0.3, 0.4) is 0 Å². The minimum absolute atomic E-state index is 0.799. The smallest absolute Gasteiger partial charge is 0.0601 e. The zero-order valence-corrected chi connectivity index (χ0v) is 12.5. The fraction of sp³-hybridized carbons (Fsp3) is 0.600. The maximum atomic E-state index is 2.46. The van der Waals surface area contributed by atoms with Crippen molar-refractivity contribution in [2.24, 2.45) is 0 Å². The summed E-state index contributed by atoms with van der Waals surface area (Å²) in [6.07, 6.45) is 0. The summed E-state index contributed by atoms with van der Waals surface area (Å²) in [5.41, 5.74) is 3.76. The molecule has 0 aliphatic heterocycles. The molecule has 0 nitrogen and oxygen atoms in total. The molecule has 1 heteroatoms. The summed E-state index contributed by atoms with van der Waals surface area (Å²) in [6, 6.07) is 13.3. The molecule has 0 spiro atoms. The summed E-state index contributed by atoms with van der Waals surface area (Å²) < 4.78 is 0. The number of hydrogen-bond acceptors (Lipinski definition) is 0. The highest BCUT2D eigenvalue weighted by molar-refractivity contribution is 6.80. The molecule has 0 radical (unpaired) electrons. The van der Waals surface area contributed by atoms with Gasteiger partial charge < -0.3 is 0 Å². The van der Waals surface area contributed by atoms with Crippen LogP contribution in [0.5, 0.6) is 0 Å². The van der Waals surface area contributed by atoms with Gasteiger partial charge in [0.25, 0.3) is 0 Å². The molecule has 0 bridgehead atoms. The Morgan fingerprint density at radius 2 is 1.62 bits per heavy atom. The minimum Gasteiger partial charge on any atom is -0.0677 e. The molecule has 0 aliphatic carbocycles. The lowest BCUT2D eigenvalue weighted by Gasteiger charge is -2.35. The minimum atomic E-state index is -1.08. The molecule has 0 aliphatic rings. The highest BCUT2D eigenvalue weighted by Crippen LogP contribution is 2.35. The molecule has 0 saturated carbocycles. The first-order valence-electron chi connectivity index (χ1n) is 6.66. The summed E-state index contributed by atoms with van der Waals surface area (Å²) in [7, 11) is -1.08. The van der Waals surface area contributed by atoms with Crippen LogP contribution in [0.25, 0.3) is 0 Å². The van der Waals surface area contributed by atoms with Crippen molar-refractivity contribution in [3.63, 3.8) is 0 Å². The van der Waals surface area contributed by atoms with E-state index in [9.17, 15) is 0 Å². The topological polar surface area (TPSA) is 0 Å². The maximum Gasteiger partial charge on any atom is 0.0601 e. The normalized spacial score (nSPS) is 13.8. The second kappa shape index (κ2) is 5.67. The molecular formula is C15H26Si. The quantitative estimate of drug-likeness (QED) is 0.618. The first-order valence-corrected chi connectivity index (χ1v) is 9.36. The van der Waals surface area contributed by atoms with Crippen molar-refractivity contribution in [3.05, 3.63) is 35.4 Å². The van der Waals surface area contributed by atoms with E-state index in [1.807, 2.05) is 0 Å². The van der Waals surface area contributed by atoms with Crippen LogP contribution in [0.2, 0.25) is 18.1 Å². The van der Waals surface area contributed by atoms with Gasteiger partial charge in [-0.15, -0.1) is 0 Å². The summed E-state index contributed by atoms with van der Waals surface area (Å²) in [5, 5.41) is 0. The Labute approximate surface area is 102 Å². The third-order valence-corrected chi connectivity index (χ3v) is 11.0. The second-order valence-corrected chi connectivity index (χ2v) is 10.8. The van der Waals surface area contributed by atoms with E-state index in [2.05, 4.69) is 58.9 Å². The maximum absolute atomic E-state index is 2.46. The van der Waals surface area contributed by atoms with Gasteiger partial charge >= 0.3 is 0 Å². The number of benzene rings is 1. The average molecular weight is 234 g/mol. The van der Waals surface area contributed by atoms with Gasteiger partial charge in [-0.3, -0.25) is 0 Å². The largest absolute Gasteiger partial charge is 0.0677 e. The molecule has 0 saturated heterocycles. The first-order chi connectivity index (χ1) is 7.59. The van der Waals surface area contributed by atoms with E-state index in [1.54, 1.807) is 5.56 Å². The van der Waals surface area contributed by atoms with Gasteiger partial charge in [-0.2, -0.15) is 0 Å². The second-order valence-electron chi connectivity index (χ2n) is 5.06. The molecule has 0 amide bonds. The zero-order chi connectivity index (χ0) is 12.2. The molecule has 0 heterocycles. The van der Waals surface area contributed by atoms with Crippen molar-refractivity contribution >= 4 is 8.07 Å². The van der Waals surface area contributed by atoms with Gasteiger partial charge in [0, 0.05) is 0 Å². The Kier molecular flexibility index (Phi) is 4.79. The molecule has 0 fully saturated rings. The summed E-state index contributed by atoms with van der Waals surface area (Å²) in [5.74, 6) is 0. The Hall–Kier alpha value is -0.563. The molecule has 1 aromatic carbocycles. The van der Waals surface area contributed by atoms with E-state index in [0.717, 1.165) is 5.54 Å². The van der Waals surface area contributed by atoms with Gasteiger partial charge in [-0.05, 0) is 18.0 Å². The lowest BCUT2D eigenvalue weighted by Crippen LogP contribution is -2.38. The third kappa shape index (κ3) is 2.57. The van der Waals surface area contributed by atoms with Gasteiger partial charge in [0.2, 0.25) is 0 Å². The lowest BCUT2D eigenvalue weighted by molar-refractivity contribution is 0.942. The van der Waals surface area contributed by atoms with E-state index in [1.165, 1.54) is 23.7 Å². The number of hydrogen-bond donors (Lipinski definition) is 0. The Morgan fingerprint density at radius 3 is 2.06 bits per heavy atom. The van der Waals surface area contributed by atoms with Gasteiger partial charge in [-0.25, -0.2) is 0 Å². The molecule has 0 aromatic heterocycles. The van der Waals surface area contributed by atoms with Crippen molar-refractivity contribution in [1.29, 1.82) is 0 Å². The number of aryl methyl sites for hydroxylation is 1. The summed E-state index contributed by atoms with van der Waals surface area (Å²) >= 11 is 0. The van der Waals surface area contributed by atoms with Crippen LogP contribution in [0.1, 0.15) is 44.4 Å². The lowest BCUT2D eigenvalue weighted by atomic mass is 10.1. The fourth-order valence-electron chi connectivity index (χ4n) is 2.96. The van der Waals surface area contributed by atoms with E-state index in [0.29, 0.717) is 0 Å². The van der Waals surface area contributed by atoms with Gasteiger partial charge in [0.15, 0.2) is 0 Å². The predicted octanol–water partition coefficient (Wildman–Crippen LogP) is 5.15. The van der Waals surface area contributed by atoms with Crippen molar-refractivity contribution in [1.82, 2.24) is 0 Å². The molecule has 1 unspecified atom stereocenters. The van der Waals surface area contributed by atoms with E-state index in [4.69, 9.17) is 0 Å². The van der Waals surface area contributed by atoms with Gasteiger partial charge in [-0.1, -0.05) is 75.7 Å². The van der Waals surface area contributed by atoms with E-state index in [-0.39, 0.29) is 0 Å². The predicted molar refractivity (Wildman–Crippen MR) is 76.8 cm³/mol. The molecule has 16 heavy (non-hydrogen) atoms. The van der Waals surface area contributed by atoms with E-state index >= 15 is 0 Å². The monoisotopic (exact) mass is 234 g/mol. The van der Waals surface area contributed by atoms with Crippen LogP contribution < -0.4 is 0 Å². The fourth-order valence-corrected chi connectivity index (χ4v) is 7.19. The SMILES string of the molecule is CC[Si](CC)(CC)C(C)c1cccc(C)c1. The Balaban J connectivity index is 3.03. The Bertz CT molecular complexity index is 318. The first kappa shape index (κ1) is 13.5. The van der Waals surface area contributed by atoms with Gasteiger partial charge in [0.05, 0.1) is 8.07 Å². The van der Waals surface area contributed by atoms with Crippen molar-refractivity contribution in [2.45, 2.75) is 58.3 Å². The van der Waals surface area contributed by atoms with Crippen LogP contribution >= 0.6 is 0 Å². The number of rotatable bonds is 5. The highest BCUT2D eigenvalue weighted by atomic mass is 28.3. The van der Waals surface area contributed by atoms with Gasteiger partial charge in [0.1, 0.15) is 0 Å². The van der Waals surface area contributed by atoms with Crippen LogP contribution in [0.4, 0.5) is 0 Å². The summed E-state index contributed by atoms with van der Waals surface area (Å²) in [6.45, 7) is 11.8. The van der Waals surface area contributed by atoms with Crippen LogP contribution in [0.15, 0.2) is 24.3 Å². The van der Waals surface area contributed by atoms with Crippen molar-refractivity contribution in [3.8, 4) is 0 Å². The molecule has 0 N–H and O–H groups in total. The molecular weight excluding hydrogens is 208 g/mol. The molecule has 1 rings (SSSR count). The highest BCUT2D eigenvalue weighted by Gasteiger charge is 2.33. The van der Waals surface area contributed by atoms with Crippen LogP contribution in [-0.4, -0.2) is 8.07 Å². The molecule has 90 valence electrons. The standard InChI is InChI=1S/C15H26Si/c1-6-16(7-2,8-3)14(5)15-11-9-10-13(4)12-15/h9-12,14H,6-8H2,1-5H3. The van der Waals surface area contributed by atoms with E-state index < -0.39 is 8.07 Å². The molecule has 1 atom stereocenters.